The number of hydrogen-bond donors (Lipinski definition) is 4. The van der Waals surface area contributed by atoms with Crippen molar-refractivity contribution in [2.75, 3.05) is 30.1 Å². The monoisotopic (exact) mass is 369 g/mol. The fourth-order valence-corrected chi connectivity index (χ4v) is 2.64. The van der Waals surface area contributed by atoms with Crippen molar-refractivity contribution in [2.24, 2.45) is 0 Å². The molecule has 4 N–H and O–H groups in total. The van der Waals surface area contributed by atoms with Gasteiger partial charge in [-0.15, -0.1) is 0 Å². The smallest absolute Gasteiger partial charge is 0.388 e. The second-order valence-electron chi connectivity index (χ2n) is 4.60. The highest BCUT2D eigenvalue weighted by atomic mass is 32.3. The van der Waals surface area contributed by atoms with Gasteiger partial charge in [-0.25, -0.2) is 8.42 Å². The van der Waals surface area contributed by atoms with E-state index in [1.165, 1.54) is 6.26 Å². The highest BCUT2D eigenvalue weighted by Crippen LogP contribution is 2.20. The van der Waals surface area contributed by atoms with Gasteiger partial charge in [0.2, 0.25) is 10.0 Å². The van der Waals surface area contributed by atoms with E-state index in [-0.39, 0.29) is 6.17 Å². The molecular formula is C12H23N3O6S2. The van der Waals surface area contributed by atoms with Gasteiger partial charge in [-0.3, -0.25) is 9.11 Å². The average molecular weight is 369 g/mol. The third kappa shape index (κ3) is 10.9. The van der Waals surface area contributed by atoms with Gasteiger partial charge in [0.25, 0.3) is 0 Å². The summed E-state index contributed by atoms with van der Waals surface area (Å²) < 4.78 is 56.7. The molecule has 0 spiro atoms. The maximum Gasteiger partial charge on any atom is 0.394 e. The molecule has 0 bridgehead atoms. The van der Waals surface area contributed by atoms with Crippen LogP contribution >= 0.6 is 0 Å². The van der Waals surface area contributed by atoms with Gasteiger partial charge in [0.05, 0.1) is 12.4 Å². The number of benzene rings is 1. The van der Waals surface area contributed by atoms with E-state index in [0.29, 0.717) is 0 Å². The van der Waals surface area contributed by atoms with E-state index in [9.17, 15) is 8.42 Å². The van der Waals surface area contributed by atoms with Crippen molar-refractivity contribution in [2.45, 2.75) is 20.0 Å². The minimum Gasteiger partial charge on any atom is -0.388 e. The van der Waals surface area contributed by atoms with E-state index in [2.05, 4.69) is 10.0 Å². The van der Waals surface area contributed by atoms with E-state index >= 15 is 0 Å². The van der Waals surface area contributed by atoms with Crippen molar-refractivity contribution >= 4 is 31.8 Å². The molecular weight excluding hydrogens is 346 g/mol. The SMILES string of the molecule is CCN(c1cccc(NC)c1)C(C)NS(C)(=O)=O.O=S(=O)(O)O. The van der Waals surface area contributed by atoms with E-state index in [1.54, 1.807) is 0 Å². The third-order valence-electron chi connectivity index (χ3n) is 2.66. The van der Waals surface area contributed by atoms with Crippen LogP contribution in [-0.4, -0.2) is 52.0 Å². The first kappa shape index (κ1) is 21.6. The van der Waals surface area contributed by atoms with Crippen LogP contribution in [0.4, 0.5) is 11.4 Å². The van der Waals surface area contributed by atoms with Crippen LogP contribution in [0.3, 0.4) is 0 Å². The van der Waals surface area contributed by atoms with Crippen LogP contribution in [-0.2, 0) is 20.4 Å². The minimum absolute atomic E-state index is 0.280. The molecule has 0 fully saturated rings. The summed E-state index contributed by atoms with van der Waals surface area (Å²) in [6.45, 7) is 4.54. The van der Waals surface area contributed by atoms with Crippen LogP contribution in [0.1, 0.15) is 13.8 Å². The second kappa shape index (κ2) is 9.03. The molecule has 11 heteroatoms. The highest BCUT2D eigenvalue weighted by Gasteiger charge is 2.16. The predicted octanol–water partition coefficient (Wildman–Crippen LogP) is 0.797. The molecule has 0 aliphatic rings. The molecule has 0 aromatic heterocycles. The Labute approximate surface area is 137 Å². The number of nitrogens with zero attached hydrogens (tertiary/aromatic N) is 1. The van der Waals surface area contributed by atoms with Crippen molar-refractivity contribution in [3.8, 4) is 0 Å². The van der Waals surface area contributed by atoms with E-state index in [1.807, 2.05) is 50.1 Å². The Morgan fingerprint density at radius 1 is 1.22 bits per heavy atom. The van der Waals surface area contributed by atoms with Crippen LogP contribution in [0.2, 0.25) is 0 Å². The summed E-state index contributed by atoms with van der Waals surface area (Å²) in [5.41, 5.74) is 1.98. The van der Waals surface area contributed by atoms with Gasteiger partial charge in [-0.05, 0) is 32.0 Å². The molecule has 134 valence electrons. The molecule has 1 aromatic carbocycles. The number of hydrogen-bond acceptors (Lipinski definition) is 6. The minimum atomic E-state index is -4.67. The largest absolute Gasteiger partial charge is 0.394 e. The first-order chi connectivity index (χ1) is 10.4. The van der Waals surface area contributed by atoms with Gasteiger partial charge < -0.3 is 10.2 Å². The van der Waals surface area contributed by atoms with Crippen LogP contribution in [0, 0.1) is 0 Å². The zero-order valence-corrected chi connectivity index (χ0v) is 15.0. The Balaban J connectivity index is 0.000000841. The van der Waals surface area contributed by atoms with Crippen LogP contribution in [0.5, 0.6) is 0 Å². The second-order valence-corrected chi connectivity index (χ2v) is 7.28. The Kier molecular flexibility index (Phi) is 8.48. The van der Waals surface area contributed by atoms with Crippen molar-refractivity contribution in [3.05, 3.63) is 24.3 Å². The molecule has 1 aromatic rings. The topological polar surface area (TPSA) is 136 Å². The normalized spacial score (nSPS) is 12.8. The van der Waals surface area contributed by atoms with Gasteiger partial charge in [0.1, 0.15) is 0 Å². The Morgan fingerprint density at radius 2 is 1.74 bits per heavy atom. The quantitative estimate of drug-likeness (QED) is 0.427. The first-order valence-electron chi connectivity index (χ1n) is 6.59. The lowest BCUT2D eigenvalue weighted by Crippen LogP contribution is -2.46. The zero-order valence-electron chi connectivity index (χ0n) is 13.4. The molecule has 0 aliphatic carbocycles. The molecule has 0 radical (unpaired) electrons. The number of rotatable bonds is 6. The summed E-state index contributed by atoms with van der Waals surface area (Å²) in [5.74, 6) is 0. The molecule has 0 aliphatic heterocycles. The van der Waals surface area contributed by atoms with Gasteiger partial charge >= 0.3 is 10.4 Å². The fourth-order valence-electron chi connectivity index (χ4n) is 1.89. The third-order valence-corrected chi connectivity index (χ3v) is 3.43. The van der Waals surface area contributed by atoms with Crippen molar-refractivity contribution < 1.29 is 25.9 Å². The maximum absolute atomic E-state index is 11.3. The van der Waals surface area contributed by atoms with E-state index < -0.39 is 20.4 Å². The first-order valence-corrected chi connectivity index (χ1v) is 9.88. The Bertz CT molecular complexity index is 683. The molecule has 23 heavy (non-hydrogen) atoms. The molecule has 0 saturated heterocycles. The molecule has 0 saturated carbocycles. The summed E-state index contributed by atoms with van der Waals surface area (Å²) in [7, 11) is -6.02. The summed E-state index contributed by atoms with van der Waals surface area (Å²) in [4.78, 5) is 1.99. The summed E-state index contributed by atoms with van der Waals surface area (Å²) in [6.07, 6.45) is 0.888. The molecule has 1 rings (SSSR count). The maximum atomic E-state index is 11.3. The number of anilines is 2. The average Bonchev–Trinajstić information content (AvgIpc) is 2.35. The molecule has 0 amide bonds. The summed E-state index contributed by atoms with van der Waals surface area (Å²) >= 11 is 0. The summed E-state index contributed by atoms with van der Waals surface area (Å²) in [5, 5.41) is 3.07. The molecule has 1 atom stereocenters. The lowest BCUT2D eigenvalue weighted by Gasteiger charge is -2.30. The lowest BCUT2D eigenvalue weighted by molar-refractivity contribution is 0.381. The highest BCUT2D eigenvalue weighted by molar-refractivity contribution is 7.88. The standard InChI is InChI=1S/C12H21N3O2S.H2O4S/c1-5-15(10(2)14-18(4,16)17)12-8-6-7-11(9-12)13-3;1-5(2,3)4/h6-10,13-14H,5H2,1-4H3;(H2,1,2,3,4). The van der Waals surface area contributed by atoms with E-state index in [4.69, 9.17) is 17.5 Å². The van der Waals surface area contributed by atoms with E-state index in [0.717, 1.165) is 17.9 Å². The number of nitrogens with one attached hydrogen (secondary N) is 2. The molecule has 1 unspecified atom stereocenters. The number of sulfonamides is 1. The lowest BCUT2D eigenvalue weighted by atomic mass is 10.2. The molecule has 9 nitrogen and oxygen atoms in total. The van der Waals surface area contributed by atoms with Gasteiger partial charge in [-0.2, -0.15) is 13.1 Å². The van der Waals surface area contributed by atoms with Gasteiger partial charge in [0, 0.05) is 25.0 Å². The Hall–Kier alpha value is -1.40. The van der Waals surface area contributed by atoms with Crippen molar-refractivity contribution in [3.63, 3.8) is 0 Å². The van der Waals surface area contributed by atoms with Crippen molar-refractivity contribution in [1.82, 2.24) is 4.72 Å². The predicted molar refractivity (Wildman–Crippen MR) is 90.6 cm³/mol. The fraction of sp³-hybridized carbons (Fsp3) is 0.500. The zero-order chi connectivity index (χ0) is 18.3. The van der Waals surface area contributed by atoms with Crippen molar-refractivity contribution in [1.29, 1.82) is 0 Å². The molecule has 0 heterocycles. The van der Waals surface area contributed by atoms with Crippen LogP contribution < -0.4 is 14.9 Å². The van der Waals surface area contributed by atoms with Crippen LogP contribution in [0.25, 0.3) is 0 Å². The van der Waals surface area contributed by atoms with Gasteiger partial charge in [0.15, 0.2) is 0 Å². The summed E-state index contributed by atoms with van der Waals surface area (Å²) in [6, 6.07) is 7.86. The Morgan fingerprint density at radius 3 is 2.13 bits per heavy atom. The van der Waals surface area contributed by atoms with Gasteiger partial charge in [-0.1, -0.05) is 6.07 Å². The van der Waals surface area contributed by atoms with Crippen LogP contribution in [0.15, 0.2) is 24.3 Å².